The van der Waals surface area contributed by atoms with Crippen LogP contribution in [-0.4, -0.2) is 91.6 Å². The number of anilines is 6. The summed E-state index contributed by atoms with van der Waals surface area (Å²) in [4.78, 5) is 44.0. The summed E-state index contributed by atoms with van der Waals surface area (Å²) in [5.41, 5.74) is 2.16. The minimum absolute atomic E-state index is 0.0505. The molecule has 2 aliphatic carbocycles. The monoisotopic (exact) mass is 1180 g/mol. The van der Waals surface area contributed by atoms with Crippen LogP contribution in [0.4, 0.5) is 56.0 Å². The minimum atomic E-state index is -4.87. The van der Waals surface area contributed by atoms with Crippen LogP contribution in [-0.2, 0) is 48.9 Å². The lowest BCUT2D eigenvalue weighted by Gasteiger charge is -2.28. The molecule has 78 heavy (non-hydrogen) atoms. The van der Waals surface area contributed by atoms with Gasteiger partial charge < -0.3 is 20.4 Å². The van der Waals surface area contributed by atoms with E-state index in [9.17, 15) is 48.5 Å². The van der Waals surface area contributed by atoms with Gasteiger partial charge in [-0.2, -0.15) is 40.2 Å². The lowest BCUT2D eigenvalue weighted by Crippen LogP contribution is -2.26. The number of hydrogen-bond acceptors (Lipinski definition) is 22. The number of Topliss-reactive ketones (excluding diaryl/α,β-unsaturated/α-hetero) is 2. The summed E-state index contributed by atoms with van der Waals surface area (Å²) in [5, 5.41) is 23.9. The summed E-state index contributed by atoms with van der Waals surface area (Å²) in [6, 6.07) is 16.1. The van der Waals surface area contributed by atoms with Crippen molar-refractivity contribution in [2.24, 2.45) is 31.3 Å². The van der Waals surface area contributed by atoms with Gasteiger partial charge in [-0.3, -0.25) is 23.2 Å². The second-order valence-corrected chi connectivity index (χ2v) is 27.1. The van der Waals surface area contributed by atoms with E-state index < -0.39 is 51.0 Å². The summed E-state index contributed by atoms with van der Waals surface area (Å²) in [5.74, 6) is -0.532. The zero-order valence-corrected chi connectivity index (χ0v) is 48.6. The molecule has 5 N–H and O–H groups in total. The van der Waals surface area contributed by atoms with Gasteiger partial charge in [-0.15, -0.1) is 43.1 Å². The summed E-state index contributed by atoms with van der Waals surface area (Å²) in [7, 11) is -14.3. The zero-order chi connectivity index (χ0) is 56.7. The molecule has 0 bridgehead atoms. The number of nitrogens with zero attached hydrogens (tertiary/aromatic N) is 9. The largest absolute Gasteiger partial charge is 0.372 e. The van der Waals surface area contributed by atoms with Gasteiger partial charge in [-0.05, 0) is 117 Å². The molecule has 0 saturated heterocycles. The van der Waals surface area contributed by atoms with Crippen LogP contribution >= 0.6 is 34.4 Å². The van der Waals surface area contributed by atoms with E-state index in [-0.39, 0.29) is 119 Å². The van der Waals surface area contributed by atoms with Crippen LogP contribution in [0.3, 0.4) is 0 Å². The molecule has 3 aromatic heterocycles. The fourth-order valence-electron chi connectivity index (χ4n) is 9.33. The highest BCUT2D eigenvalue weighted by atomic mass is 32.2. The molecule has 0 saturated carbocycles. The van der Waals surface area contributed by atoms with E-state index in [0.717, 1.165) is 45.8 Å². The number of carbonyl (C=O) groups is 2. The predicted octanol–water partition coefficient (Wildman–Crippen LogP) is 12.3. The van der Waals surface area contributed by atoms with E-state index in [1.165, 1.54) is 18.2 Å². The van der Waals surface area contributed by atoms with Crippen molar-refractivity contribution in [1.29, 1.82) is 0 Å². The number of benzene rings is 3. The van der Waals surface area contributed by atoms with Gasteiger partial charge in [0.2, 0.25) is 11.9 Å². The summed E-state index contributed by atoms with van der Waals surface area (Å²) in [6.07, 6.45) is 0.760. The molecule has 3 aromatic carbocycles. The molecular formula is C50H57N11O11S6. The number of nitrogens with one attached hydrogen (secondary N) is 2. The fourth-order valence-corrected chi connectivity index (χ4v) is 15.1. The first kappa shape index (κ1) is 58.0. The summed E-state index contributed by atoms with van der Waals surface area (Å²) < 4.78 is 107. The minimum Gasteiger partial charge on any atom is -0.372 e. The first-order valence-corrected chi connectivity index (χ1v) is 31.5. The van der Waals surface area contributed by atoms with E-state index in [1.54, 1.807) is 42.5 Å². The highest BCUT2D eigenvalue weighted by Gasteiger charge is 2.40. The number of hydrogen-bond donors (Lipinski definition) is 5. The molecule has 0 fully saturated rings. The Morgan fingerprint density at radius 3 is 1.42 bits per heavy atom. The van der Waals surface area contributed by atoms with E-state index in [2.05, 4.69) is 40.9 Å². The van der Waals surface area contributed by atoms with Gasteiger partial charge in [-0.25, -0.2) is 0 Å². The third kappa shape index (κ3) is 13.1. The Morgan fingerprint density at radius 1 is 0.590 bits per heavy atom. The van der Waals surface area contributed by atoms with Crippen LogP contribution in [0.25, 0.3) is 0 Å². The normalized spacial score (nSPS) is 15.4. The molecule has 8 rings (SSSR count). The number of thioether (sulfide) groups is 1. The van der Waals surface area contributed by atoms with E-state index in [0.29, 0.717) is 31.7 Å². The lowest BCUT2D eigenvalue weighted by atomic mass is 9.76. The molecule has 414 valence electrons. The van der Waals surface area contributed by atoms with Crippen molar-refractivity contribution < 1.29 is 48.5 Å². The highest BCUT2D eigenvalue weighted by Crippen LogP contribution is 2.49. The molecule has 0 unspecified atom stereocenters. The number of rotatable bonds is 20. The van der Waals surface area contributed by atoms with Crippen LogP contribution in [0.5, 0.6) is 0 Å². The molecule has 6 aromatic rings. The molecule has 0 spiro atoms. The van der Waals surface area contributed by atoms with E-state index in [4.69, 9.17) is 15.0 Å². The van der Waals surface area contributed by atoms with Crippen LogP contribution in [0.1, 0.15) is 104 Å². The summed E-state index contributed by atoms with van der Waals surface area (Å²) >= 11 is 2.76. The smallest absolute Gasteiger partial charge is 0.297 e. The Balaban J connectivity index is 1.25. The highest BCUT2D eigenvalue weighted by molar-refractivity contribution is 7.98. The third-order valence-electron chi connectivity index (χ3n) is 12.9. The quantitative estimate of drug-likeness (QED) is 0.0269. The predicted molar refractivity (Wildman–Crippen MR) is 302 cm³/mol. The number of aromatic nitrogens is 3. The van der Waals surface area contributed by atoms with Crippen molar-refractivity contribution in [3.8, 4) is 0 Å². The van der Waals surface area contributed by atoms with Crippen LogP contribution in [0.2, 0.25) is 0 Å². The lowest BCUT2D eigenvalue weighted by molar-refractivity contribution is 0.0907. The van der Waals surface area contributed by atoms with Gasteiger partial charge in [0.15, 0.2) is 26.7 Å². The first-order valence-electron chi connectivity index (χ1n) is 24.5. The Bertz CT molecular complexity index is 3560. The Labute approximate surface area is 464 Å². The van der Waals surface area contributed by atoms with Crippen molar-refractivity contribution >= 4 is 132 Å². The van der Waals surface area contributed by atoms with Crippen molar-refractivity contribution in [2.45, 2.75) is 107 Å². The van der Waals surface area contributed by atoms with Crippen LogP contribution in [0.15, 0.2) is 101 Å². The Morgan fingerprint density at radius 2 is 1.03 bits per heavy atom. The van der Waals surface area contributed by atoms with Gasteiger partial charge in [0.1, 0.15) is 21.2 Å². The Hall–Kier alpha value is -6.11. The van der Waals surface area contributed by atoms with Crippen molar-refractivity contribution in [1.82, 2.24) is 15.0 Å². The molecule has 0 amide bonds. The van der Waals surface area contributed by atoms with Crippen molar-refractivity contribution in [3.05, 3.63) is 87.1 Å². The number of azo groups is 2. The SMILES string of the molecule is CCN(CC)c1ccc(N=Nc2sc3c(c2S(=O)(=O)O)CC(C)(C)CC3=O)c(Nc2nc(Nc3cc(N(CC)CC)ccc3N=Nc3sc4c(c3S(=O)(=O)O)CC(C)(C)CC4=O)nc(SCc3cccc(S(=O)(=O)O)c3)n2)c1. The molecular weight excluding hydrogens is 1120 g/mol. The van der Waals surface area contributed by atoms with Crippen LogP contribution in [0, 0.1) is 10.8 Å². The van der Waals surface area contributed by atoms with E-state index in [1.807, 2.05) is 55.4 Å². The molecule has 3 heterocycles. The second kappa shape index (κ2) is 22.6. The first-order chi connectivity index (χ1) is 36.6. The molecule has 2 aliphatic rings. The Kier molecular flexibility index (Phi) is 16.8. The number of ketones is 2. The summed E-state index contributed by atoms with van der Waals surface area (Å²) in [6.45, 7) is 17.7. The van der Waals surface area contributed by atoms with Crippen molar-refractivity contribution in [2.75, 3.05) is 46.6 Å². The molecule has 0 aliphatic heterocycles. The van der Waals surface area contributed by atoms with Gasteiger partial charge in [0.25, 0.3) is 30.4 Å². The van der Waals surface area contributed by atoms with Gasteiger partial charge >= 0.3 is 0 Å². The van der Waals surface area contributed by atoms with E-state index >= 15 is 0 Å². The topological polar surface area (TPSA) is 316 Å². The van der Waals surface area contributed by atoms with Gasteiger partial charge in [0, 0.05) is 56.1 Å². The van der Waals surface area contributed by atoms with Gasteiger partial charge in [-0.1, -0.05) is 51.6 Å². The number of thiophene rings is 2. The number of fused-ring (bicyclic) bond motifs is 2. The zero-order valence-electron chi connectivity index (χ0n) is 43.7. The van der Waals surface area contributed by atoms with Crippen LogP contribution < -0.4 is 20.4 Å². The maximum atomic E-state index is 13.3. The number of carbonyl (C=O) groups excluding carboxylic acids is 2. The maximum absolute atomic E-state index is 13.3. The average molecular weight is 1180 g/mol. The van der Waals surface area contributed by atoms with Crippen molar-refractivity contribution in [3.63, 3.8) is 0 Å². The molecule has 0 atom stereocenters. The molecule has 28 heteroatoms. The van der Waals surface area contributed by atoms with Gasteiger partial charge in [0.05, 0.1) is 26.0 Å². The fraction of sp³-hybridized carbons (Fsp3) is 0.380. The average Bonchev–Trinajstić information content (AvgIpc) is 4.08. The standard InChI is InChI=1S/C50H57N11O11S6/c1-9-60(10-2)29-16-18-34(56-58-44-42(77(67,68)69)32-23-49(5,6)25-38(62)40(32)74-44)36(21-29)51-46-53-47(55-48(54-46)73-27-28-14-13-15-31(20-28)76(64,65)66)52-37-22-30(61(11-3)12-4)17-19-35(37)57-59-45-43(78(70,71)72)33-24-50(7,8)26-39(63)41(33)75-45/h13-22H,9-12,23-27H2,1-8H3,(H,64,65,66)(H,67,68,69)(H,70,71,72)(H2,51,52,53,54,55). The molecule has 0 radical (unpaired) electrons. The maximum Gasteiger partial charge on any atom is 0.297 e. The second-order valence-electron chi connectivity index (χ2n) is 20.0. The molecule has 22 nitrogen and oxygen atoms in total. The third-order valence-corrected chi connectivity index (χ3v) is 19.1.